The van der Waals surface area contributed by atoms with Gasteiger partial charge in [-0.05, 0) is 41.5 Å². The molecule has 0 atom stereocenters. The van der Waals surface area contributed by atoms with Gasteiger partial charge in [0.25, 0.3) is 0 Å². The quantitative estimate of drug-likeness (QED) is 0.755. The van der Waals surface area contributed by atoms with E-state index in [9.17, 15) is 0 Å². The van der Waals surface area contributed by atoms with Gasteiger partial charge in [-0.3, -0.25) is 0 Å². The second-order valence-corrected chi connectivity index (χ2v) is 4.83. The molecule has 4 nitrogen and oxygen atoms in total. The van der Waals surface area contributed by atoms with Crippen LogP contribution in [0.15, 0.2) is 67.0 Å². The van der Waals surface area contributed by atoms with Crippen molar-refractivity contribution in [1.29, 1.82) is 0 Å². The third-order valence-corrected chi connectivity index (χ3v) is 3.34. The zero-order valence-corrected chi connectivity index (χ0v) is 11.6. The van der Waals surface area contributed by atoms with Crippen LogP contribution < -0.4 is 5.32 Å². The highest BCUT2D eigenvalue weighted by Crippen LogP contribution is 2.14. The first kappa shape index (κ1) is 13.4. The summed E-state index contributed by atoms with van der Waals surface area (Å²) in [4.78, 5) is 0. The predicted octanol–water partition coefficient (Wildman–Crippen LogP) is 2.98. The first-order chi connectivity index (χ1) is 10.3. The minimum absolute atomic E-state index is 0.0859. The van der Waals surface area contributed by atoms with E-state index in [4.69, 9.17) is 5.11 Å². The van der Waals surface area contributed by atoms with Gasteiger partial charge in [-0.2, -0.15) is 5.10 Å². The van der Waals surface area contributed by atoms with Gasteiger partial charge in [-0.25, -0.2) is 4.68 Å². The molecule has 1 aromatic heterocycles. The number of aliphatic hydroxyl groups is 1. The molecule has 0 aliphatic heterocycles. The standard InChI is InChI=1S/C17H17N3O/c21-13-15-4-2-14(3-5-15)12-18-16-6-8-17(9-7-16)20-11-1-10-19-20/h1-11,18,21H,12-13H2. The lowest BCUT2D eigenvalue weighted by Gasteiger charge is -2.08. The molecule has 0 saturated heterocycles. The SMILES string of the molecule is OCc1ccc(CNc2ccc(-n3cccn3)cc2)cc1. The van der Waals surface area contributed by atoms with Crippen molar-refractivity contribution in [2.24, 2.45) is 0 Å². The third kappa shape index (κ3) is 3.30. The van der Waals surface area contributed by atoms with Gasteiger partial charge in [0.15, 0.2) is 0 Å². The topological polar surface area (TPSA) is 50.1 Å². The number of nitrogens with zero attached hydrogens (tertiary/aromatic N) is 2. The molecular weight excluding hydrogens is 262 g/mol. The maximum Gasteiger partial charge on any atom is 0.0681 e. The maximum absolute atomic E-state index is 9.02. The van der Waals surface area contributed by atoms with Crippen LogP contribution in [0.4, 0.5) is 5.69 Å². The van der Waals surface area contributed by atoms with Crippen molar-refractivity contribution in [2.45, 2.75) is 13.2 Å². The van der Waals surface area contributed by atoms with Crippen molar-refractivity contribution in [3.05, 3.63) is 78.1 Å². The number of aliphatic hydroxyl groups excluding tert-OH is 1. The normalized spacial score (nSPS) is 10.5. The molecule has 3 rings (SSSR count). The number of benzene rings is 2. The molecule has 0 saturated carbocycles. The van der Waals surface area contributed by atoms with E-state index in [1.165, 1.54) is 5.56 Å². The van der Waals surface area contributed by atoms with Crippen LogP contribution in [-0.2, 0) is 13.2 Å². The number of aromatic nitrogens is 2. The Morgan fingerprint density at radius 2 is 1.67 bits per heavy atom. The average molecular weight is 279 g/mol. The van der Waals surface area contributed by atoms with Crippen LogP contribution >= 0.6 is 0 Å². The third-order valence-electron chi connectivity index (χ3n) is 3.34. The van der Waals surface area contributed by atoms with Crippen molar-refractivity contribution in [3.8, 4) is 5.69 Å². The molecule has 4 heteroatoms. The zero-order chi connectivity index (χ0) is 14.5. The Hall–Kier alpha value is -2.59. The Balaban J connectivity index is 1.62. The summed E-state index contributed by atoms with van der Waals surface area (Å²) in [5.74, 6) is 0. The van der Waals surface area contributed by atoms with Crippen LogP contribution in [0.3, 0.4) is 0 Å². The summed E-state index contributed by atoms with van der Waals surface area (Å²) in [7, 11) is 0. The van der Waals surface area contributed by atoms with Crippen molar-refractivity contribution in [3.63, 3.8) is 0 Å². The average Bonchev–Trinajstić information content (AvgIpc) is 3.08. The maximum atomic E-state index is 9.02. The van der Waals surface area contributed by atoms with Gasteiger partial charge in [0.05, 0.1) is 12.3 Å². The number of rotatable bonds is 5. The minimum Gasteiger partial charge on any atom is -0.392 e. The van der Waals surface area contributed by atoms with E-state index in [0.29, 0.717) is 0 Å². The number of hydrogen-bond donors (Lipinski definition) is 2. The Bertz CT molecular complexity index is 673. The van der Waals surface area contributed by atoms with Crippen LogP contribution in [0.25, 0.3) is 5.69 Å². The highest BCUT2D eigenvalue weighted by molar-refractivity contribution is 5.48. The first-order valence-electron chi connectivity index (χ1n) is 6.88. The highest BCUT2D eigenvalue weighted by atomic mass is 16.3. The second kappa shape index (κ2) is 6.24. The van der Waals surface area contributed by atoms with E-state index >= 15 is 0 Å². The van der Waals surface area contributed by atoms with Crippen molar-refractivity contribution in [1.82, 2.24) is 9.78 Å². The fourth-order valence-corrected chi connectivity index (χ4v) is 2.12. The summed E-state index contributed by atoms with van der Waals surface area (Å²) in [6, 6.07) is 18.0. The van der Waals surface area contributed by atoms with E-state index in [1.54, 1.807) is 6.20 Å². The molecule has 0 amide bonds. The highest BCUT2D eigenvalue weighted by Gasteiger charge is 1.98. The zero-order valence-electron chi connectivity index (χ0n) is 11.6. The van der Waals surface area contributed by atoms with Crippen molar-refractivity contribution < 1.29 is 5.11 Å². The molecule has 2 aromatic carbocycles. The number of nitrogens with one attached hydrogen (secondary N) is 1. The minimum atomic E-state index is 0.0859. The summed E-state index contributed by atoms with van der Waals surface area (Å²) in [6.07, 6.45) is 3.69. The van der Waals surface area contributed by atoms with Gasteiger partial charge in [-0.1, -0.05) is 24.3 Å². The van der Waals surface area contributed by atoms with Crippen LogP contribution in [0, 0.1) is 0 Å². The van der Waals surface area contributed by atoms with E-state index in [2.05, 4.69) is 10.4 Å². The molecule has 21 heavy (non-hydrogen) atoms. The van der Waals surface area contributed by atoms with Crippen molar-refractivity contribution in [2.75, 3.05) is 5.32 Å². The monoisotopic (exact) mass is 279 g/mol. The summed E-state index contributed by atoms with van der Waals surface area (Å²) in [5.41, 5.74) is 4.22. The molecule has 0 aliphatic rings. The number of hydrogen-bond acceptors (Lipinski definition) is 3. The molecular formula is C17H17N3O. The lowest BCUT2D eigenvalue weighted by Crippen LogP contribution is -2.00. The summed E-state index contributed by atoms with van der Waals surface area (Å²) in [5, 5.41) is 16.6. The first-order valence-corrected chi connectivity index (χ1v) is 6.88. The molecule has 3 aromatic rings. The Kier molecular flexibility index (Phi) is 3.98. The van der Waals surface area contributed by atoms with Crippen LogP contribution in [0.5, 0.6) is 0 Å². The summed E-state index contributed by atoms with van der Waals surface area (Å²) >= 11 is 0. The molecule has 0 unspecified atom stereocenters. The molecule has 106 valence electrons. The molecule has 0 aliphatic carbocycles. The van der Waals surface area contributed by atoms with Crippen molar-refractivity contribution >= 4 is 5.69 Å². The Morgan fingerprint density at radius 1 is 0.952 bits per heavy atom. The largest absolute Gasteiger partial charge is 0.392 e. The van der Waals surface area contributed by atoms with Crippen LogP contribution in [0.2, 0.25) is 0 Å². The molecule has 1 heterocycles. The molecule has 0 fully saturated rings. The fraction of sp³-hybridized carbons (Fsp3) is 0.118. The lowest BCUT2D eigenvalue weighted by atomic mass is 10.1. The van der Waals surface area contributed by atoms with E-state index < -0.39 is 0 Å². The molecule has 0 radical (unpaired) electrons. The predicted molar refractivity (Wildman–Crippen MR) is 83.3 cm³/mol. The summed E-state index contributed by atoms with van der Waals surface area (Å²) < 4.78 is 1.83. The second-order valence-electron chi connectivity index (χ2n) is 4.83. The smallest absolute Gasteiger partial charge is 0.0681 e. The van der Waals surface area contributed by atoms with Gasteiger partial charge in [0.1, 0.15) is 0 Å². The van der Waals surface area contributed by atoms with Gasteiger partial charge in [-0.15, -0.1) is 0 Å². The molecule has 0 spiro atoms. The molecule has 0 bridgehead atoms. The van der Waals surface area contributed by atoms with Crippen LogP contribution in [-0.4, -0.2) is 14.9 Å². The Morgan fingerprint density at radius 3 is 2.29 bits per heavy atom. The van der Waals surface area contributed by atoms with Crippen LogP contribution in [0.1, 0.15) is 11.1 Å². The lowest BCUT2D eigenvalue weighted by molar-refractivity contribution is 0.282. The number of anilines is 1. The van der Waals surface area contributed by atoms with E-state index in [0.717, 1.165) is 23.5 Å². The Labute approximate surface area is 123 Å². The summed E-state index contributed by atoms with van der Waals surface area (Å²) in [6.45, 7) is 0.843. The molecule has 2 N–H and O–H groups in total. The van der Waals surface area contributed by atoms with Gasteiger partial charge >= 0.3 is 0 Å². The van der Waals surface area contributed by atoms with Gasteiger partial charge in [0, 0.05) is 24.6 Å². The van der Waals surface area contributed by atoms with Gasteiger partial charge in [0.2, 0.25) is 0 Å². The van der Waals surface area contributed by atoms with E-state index in [1.807, 2.05) is 65.5 Å². The van der Waals surface area contributed by atoms with E-state index in [-0.39, 0.29) is 6.61 Å². The van der Waals surface area contributed by atoms with Gasteiger partial charge < -0.3 is 10.4 Å². The fourth-order valence-electron chi connectivity index (χ4n) is 2.12.